The molecule has 0 radical (unpaired) electrons. The van der Waals surface area contributed by atoms with Crippen LogP contribution in [0.15, 0.2) is 34.2 Å². The molecule has 130 valence electrons. The topological polar surface area (TPSA) is 37.6 Å². The lowest BCUT2D eigenvalue weighted by molar-refractivity contribution is -0.121. The molecule has 3 rings (SSSR count). The summed E-state index contributed by atoms with van der Waals surface area (Å²) in [5.41, 5.74) is 5.30. The van der Waals surface area contributed by atoms with Crippen molar-refractivity contribution in [1.82, 2.24) is 9.47 Å². The van der Waals surface area contributed by atoms with Gasteiger partial charge in [0.2, 0.25) is 0 Å². The number of amides is 1. The first-order chi connectivity index (χ1) is 11.8. The fourth-order valence-electron chi connectivity index (χ4n) is 3.03. The van der Waals surface area contributed by atoms with E-state index in [-0.39, 0.29) is 5.91 Å². The van der Waals surface area contributed by atoms with E-state index in [1.54, 1.807) is 19.0 Å². The molecule has 0 N–H and O–H groups in total. The van der Waals surface area contributed by atoms with Crippen LogP contribution in [0.1, 0.15) is 22.5 Å². The molecular formula is C19H20ClN3OS. The van der Waals surface area contributed by atoms with E-state index in [1.807, 2.05) is 25.1 Å². The molecule has 0 atom stereocenters. The summed E-state index contributed by atoms with van der Waals surface area (Å²) in [4.78, 5) is 18.8. The Kier molecular flexibility index (Phi) is 4.80. The molecule has 4 nitrogen and oxygen atoms in total. The Morgan fingerprint density at radius 2 is 1.96 bits per heavy atom. The lowest BCUT2D eigenvalue weighted by Crippen LogP contribution is -2.23. The third-order valence-electron chi connectivity index (χ3n) is 4.43. The highest BCUT2D eigenvalue weighted by atomic mass is 35.5. The van der Waals surface area contributed by atoms with Gasteiger partial charge in [0.1, 0.15) is 0 Å². The molecule has 6 heteroatoms. The summed E-state index contributed by atoms with van der Waals surface area (Å²) in [6.45, 7) is 6.14. The molecule has 1 fully saturated rings. The second-order valence-electron chi connectivity index (χ2n) is 6.03. The second kappa shape index (κ2) is 6.73. The van der Waals surface area contributed by atoms with Gasteiger partial charge in [0.15, 0.2) is 5.17 Å². The average molecular weight is 374 g/mol. The number of hydrogen-bond acceptors (Lipinski definition) is 3. The molecule has 0 unspecified atom stereocenters. The van der Waals surface area contributed by atoms with Gasteiger partial charge in [-0.05, 0) is 67.9 Å². The van der Waals surface area contributed by atoms with E-state index >= 15 is 0 Å². The maximum absolute atomic E-state index is 12.4. The van der Waals surface area contributed by atoms with Gasteiger partial charge < -0.3 is 4.57 Å². The van der Waals surface area contributed by atoms with E-state index < -0.39 is 0 Å². The number of halogens is 1. The lowest BCUT2D eigenvalue weighted by atomic mass is 10.2. The molecule has 0 saturated carbocycles. The molecule has 1 aromatic carbocycles. The predicted molar refractivity (Wildman–Crippen MR) is 107 cm³/mol. The van der Waals surface area contributed by atoms with E-state index in [0.29, 0.717) is 4.91 Å². The number of aryl methyl sites for hydroxylation is 1. The van der Waals surface area contributed by atoms with E-state index in [9.17, 15) is 4.79 Å². The number of rotatable bonds is 2. The number of aliphatic imine (C=N–C) groups is 1. The predicted octanol–water partition coefficient (Wildman–Crippen LogP) is 4.59. The number of hydrogen-bond donors (Lipinski definition) is 0. The first-order valence-electron chi connectivity index (χ1n) is 7.94. The molecule has 25 heavy (non-hydrogen) atoms. The van der Waals surface area contributed by atoms with Crippen LogP contribution < -0.4 is 0 Å². The summed E-state index contributed by atoms with van der Waals surface area (Å²) in [5.74, 6) is -0.0191. The van der Waals surface area contributed by atoms with Crippen molar-refractivity contribution >= 4 is 40.5 Å². The Morgan fingerprint density at radius 3 is 2.60 bits per heavy atom. The quantitative estimate of drug-likeness (QED) is 0.722. The molecule has 0 bridgehead atoms. The average Bonchev–Trinajstić information content (AvgIpc) is 3.01. The van der Waals surface area contributed by atoms with Gasteiger partial charge in [-0.25, -0.2) is 0 Å². The summed E-state index contributed by atoms with van der Waals surface area (Å²) in [6.07, 6.45) is 1.94. The SMILES string of the molecule is CN=C1S/C(=C/c2cc(C)n(-c3cccc(Cl)c3C)c2C)C(=O)N1C. The number of carbonyl (C=O) groups is 1. The van der Waals surface area contributed by atoms with Crippen LogP contribution in [0, 0.1) is 20.8 Å². The minimum atomic E-state index is -0.0191. The van der Waals surface area contributed by atoms with Crippen molar-refractivity contribution in [3.63, 3.8) is 0 Å². The summed E-state index contributed by atoms with van der Waals surface area (Å²) < 4.78 is 2.18. The fraction of sp³-hybridized carbons (Fsp3) is 0.263. The van der Waals surface area contributed by atoms with E-state index in [0.717, 1.165) is 38.4 Å². The zero-order chi connectivity index (χ0) is 18.3. The van der Waals surface area contributed by atoms with Crippen molar-refractivity contribution in [1.29, 1.82) is 0 Å². The highest BCUT2D eigenvalue weighted by Crippen LogP contribution is 2.33. The maximum Gasteiger partial charge on any atom is 0.266 e. The summed E-state index contributed by atoms with van der Waals surface area (Å²) >= 11 is 7.69. The smallest absolute Gasteiger partial charge is 0.266 e. The van der Waals surface area contributed by atoms with Gasteiger partial charge in [0.25, 0.3) is 5.91 Å². The highest BCUT2D eigenvalue weighted by molar-refractivity contribution is 8.18. The standard InChI is InChI=1S/C19H20ClN3OS/c1-11-9-14(10-17-18(24)22(5)19(21-4)25-17)13(3)23(11)16-8-6-7-15(20)12(16)2/h6-10H,1-5H3/b17-10+,21-19?. The number of carbonyl (C=O) groups excluding carboxylic acids is 1. The van der Waals surface area contributed by atoms with Crippen molar-refractivity contribution in [2.45, 2.75) is 20.8 Å². The van der Waals surface area contributed by atoms with Crippen molar-refractivity contribution in [3.05, 3.63) is 56.7 Å². The molecule has 1 aliphatic heterocycles. The highest BCUT2D eigenvalue weighted by Gasteiger charge is 2.30. The van der Waals surface area contributed by atoms with Crippen molar-refractivity contribution in [3.8, 4) is 5.69 Å². The third kappa shape index (κ3) is 3.02. The van der Waals surface area contributed by atoms with Crippen LogP contribution in [0.4, 0.5) is 0 Å². The molecule has 2 aromatic rings. The molecular weight excluding hydrogens is 354 g/mol. The van der Waals surface area contributed by atoms with Crippen LogP contribution >= 0.6 is 23.4 Å². The van der Waals surface area contributed by atoms with Crippen molar-refractivity contribution < 1.29 is 4.79 Å². The number of aromatic nitrogens is 1. The van der Waals surface area contributed by atoms with Gasteiger partial charge in [-0.1, -0.05) is 17.7 Å². The van der Waals surface area contributed by atoms with Crippen LogP contribution in [0.5, 0.6) is 0 Å². The molecule has 0 aliphatic carbocycles. The van der Waals surface area contributed by atoms with Crippen LogP contribution in [0.3, 0.4) is 0 Å². The van der Waals surface area contributed by atoms with Gasteiger partial charge in [0, 0.05) is 36.2 Å². The van der Waals surface area contributed by atoms with Gasteiger partial charge in [-0.2, -0.15) is 0 Å². The Balaban J connectivity index is 2.09. The largest absolute Gasteiger partial charge is 0.318 e. The lowest BCUT2D eigenvalue weighted by Gasteiger charge is -2.13. The van der Waals surface area contributed by atoms with E-state index in [4.69, 9.17) is 11.6 Å². The Hall–Kier alpha value is -1.98. The normalized spacial score (nSPS) is 18.0. The zero-order valence-electron chi connectivity index (χ0n) is 14.9. The van der Waals surface area contributed by atoms with E-state index in [1.165, 1.54) is 11.8 Å². The molecule has 0 spiro atoms. The van der Waals surface area contributed by atoms with Crippen molar-refractivity contribution in [2.24, 2.45) is 4.99 Å². The minimum Gasteiger partial charge on any atom is -0.318 e. The second-order valence-corrected chi connectivity index (χ2v) is 7.44. The Labute approximate surface area is 157 Å². The minimum absolute atomic E-state index is 0.0191. The molecule has 1 saturated heterocycles. The first kappa shape index (κ1) is 17.8. The van der Waals surface area contributed by atoms with Crippen LogP contribution in [-0.2, 0) is 4.79 Å². The number of nitrogens with zero attached hydrogens (tertiary/aromatic N) is 3. The van der Waals surface area contributed by atoms with Gasteiger partial charge >= 0.3 is 0 Å². The van der Waals surface area contributed by atoms with Crippen LogP contribution in [0.25, 0.3) is 11.8 Å². The van der Waals surface area contributed by atoms with Gasteiger partial charge in [0.05, 0.1) is 4.91 Å². The van der Waals surface area contributed by atoms with Crippen LogP contribution in [-0.4, -0.2) is 34.6 Å². The third-order valence-corrected chi connectivity index (χ3v) is 5.99. The number of likely N-dealkylation sites (N-methyl/N-ethyl adjacent to an activating group) is 1. The van der Waals surface area contributed by atoms with Gasteiger partial charge in [-0.15, -0.1) is 0 Å². The molecule has 1 aromatic heterocycles. The Bertz CT molecular complexity index is 927. The first-order valence-corrected chi connectivity index (χ1v) is 9.13. The Morgan fingerprint density at radius 1 is 1.24 bits per heavy atom. The number of thioether (sulfide) groups is 1. The summed E-state index contributed by atoms with van der Waals surface area (Å²) in [7, 11) is 3.44. The fourth-order valence-corrected chi connectivity index (χ4v) is 4.12. The van der Waals surface area contributed by atoms with Gasteiger partial charge in [-0.3, -0.25) is 14.7 Å². The molecule has 1 aliphatic rings. The number of benzene rings is 1. The summed E-state index contributed by atoms with van der Waals surface area (Å²) in [5, 5.41) is 1.47. The van der Waals surface area contributed by atoms with Crippen LogP contribution in [0.2, 0.25) is 5.02 Å². The number of amidine groups is 1. The van der Waals surface area contributed by atoms with Crippen molar-refractivity contribution in [2.75, 3.05) is 14.1 Å². The molecule has 2 heterocycles. The summed E-state index contributed by atoms with van der Waals surface area (Å²) in [6, 6.07) is 8.00. The maximum atomic E-state index is 12.4. The zero-order valence-corrected chi connectivity index (χ0v) is 16.5. The molecule has 1 amide bonds. The monoisotopic (exact) mass is 373 g/mol. The van der Waals surface area contributed by atoms with E-state index in [2.05, 4.69) is 35.5 Å².